The molecule has 0 fully saturated rings. The van der Waals surface area contributed by atoms with Crippen LogP contribution in [0.15, 0.2) is 36.0 Å². The molecule has 0 spiro atoms. The molecule has 1 unspecified atom stereocenters. The average Bonchev–Trinajstić information content (AvgIpc) is 2.26. The normalized spacial score (nSPS) is 26.1. The van der Waals surface area contributed by atoms with Gasteiger partial charge in [-0.3, -0.25) is 4.79 Å². The minimum Gasteiger partial charge on any atom is -0.295 e. The lowest BCUT2D eigenvalue weighted by molar-refractivity contribution is -0.183. The molecule has 0 aromatic carbocycles. The van der Waals surface area contributed by atoms with Crippen molar-refractivity contribution in [3.05, 3.63) is 36.0 Å². The fourth-order valence-corrected chi connectivity index (χ4v) is 1.15. The summed E-state index contributed by atoms with van der Waals surface area (Å²) in [4.78, 5) is 11.0. The van der Waals surface area contributed by atoms with E-state index in [2.05, 4.69) is 0 Å². The Hall–Kier alpha value is -1.32. The number of ketones is 1. The third-order valence-electron chi connectivity index (χ3n) is 2.34. The van der Waals surface area contributed by atoms with Gasteiger partial charge in [-0.25, -0.2) is 0 Å². The van der Waals surface area contributed by atoms with E-state index in [9.17, 15) is 18.0 Å². The molecule has 1 aliphatic rings. The summed E-state index contributed by atoms with van der Waals surface area (Å²) < 4.78 is 37.9. The van der Waals surface area contributed by atoms with E-state index in [-0.39, 0.29) is 11.4 Å². The van der Waals surface area contributed by atoms with Gasteiger partial charge in [0.25, 0.3) is 0 Å². The van der Waals surface area contributed by atoms with Crippen LogP contribution in [0.1, 0.15) is 13.8 Å². The van der Waals surface area contributed by atoms with Gasteiger partial charge in [0.15, 0.2) is 5.78 Å². The number of rotatable bonds is 1. The molecular formula is C11H11F3O. The maximum Gasteiger partial charge on any atom is 0.400 e. The van der Waals surface area contributed by atoms with Crippen LogP contribution in [0.25, 0.3) is 0 Å². The Labute approximate surface area is 86.0 Å². The molecule has 0 aliphatic heterocycles. The number of Topliss-reactive ketones (excluding diaryl/α,β-unsaturated/α-hetero) is 1. The maximum absolute atomic E-state index is 12.6. The first-order valence-electron chi connectivity index (χ1n) is 4.43. The van der Waals surface area contributed by atoms with Crippen molar-refractivity contribution in [2.24, 2.45) is 5.41 Å². The molecular weight excluding hydrogens is 205 g/mol. The second-order valence-corrected chi connectivity index (χ2v) is 3.65. The predicted molar refractivity (Wildman–Crippen MR) is 51.2 cm³/mol. The fourth-order valence-electron chi connectivity index (χ4n) is 1.15. The van der Waals surface area contributed by atoms with E-state index in [4.69, 9.17) is 0 Å². The van der Waals surface area contributed by atoms with Gasteiger partial charge in [0.05, 0.1) is 5.41 Å². The molecule has 1 nitrogen and oxygen atoms in total. The second-order valence-electron chi connectivity index (χ2n) is 3.65. The quantitative estimate of drug-likeness (QED) is 0.657. The summed E-state index contributed by atoms with van der Waals surface area (Å²) in [6, 6.07) is 0. The van der Waals surface area contributed by atoms with Crippen LogP contribution < -0.4 is 0 Å². The van der Waals surface area contributed by atoms with Crippen LogP contribution in [0.2, 0.25) is 0 Å². The molecule has 0 aromatic heterocycles. The highest BCUT2D eigenvalue weighted by Gasteiger charge is 2.47. The lowest BCUT2D eigenvalue weighted by Crippen LogP contribution is -2.31. The molecule has 0 bridgehead atoms. The third kappa shape index (κ3) is 2.37. The molecule has 1 aliphatic carbocycles. The number of carbonyl (C=O) groups excluding carboxylic acids is 1. The van der Waals surface area contributed by atoms with E-state index in [1.165, 1.54) is 25.2 Å². The van der Waals surface area contributed by atoms with E-state index < -0.39 is 11.6 Å². The van der Waals surface area contributed by atoms with E-state index >= 15 is 0 Å². The van der Waals surface area contributed by atoms with E-state index in [0.29, 0.717) is 0 Å². The summed E-state index contributed by atoms with van der Waals surface area (Å²) in [5.74, 6) is -0.248. The fraction of sp³-hybridized carbons (Fsp3) is 0.364. The van der Waals surface area contributed by atoms with Crippen molar-refractivity contribution in [3.63, 3.8) is 0 Å². The highest BCUT2D eigenvalue weighted by Crippen LogP contribution is 2.41. The van der Waals surface area contributed by atoms with Gasteiger partial charge in [-0.2, -0.15) is 13.2 Å². The van der Waals surface area contributed by atoms with Crippen molar-refractivity contribution >= 4 is 5.78 Å². The Morgan fingerprint density at radius 2 is 1.93 bits per heavy atom. The standard InChI is InChI=1S/C11H11F3O/c1-8(15)9-4-3-6-10(2,7-5-9)11(12,13)14/h3-7H,1-2H3. The molecule has 0 saturated heterocycles. The predicted octanol–water partition coefficient (Wildman–Crippen LogP) is 3.20. The SMILES string of the molecule is CC(=O)C1=CC=CC(C)(C(F)(F)F)C=C1. The van der Waals surface area contributed by atoms with Crippen LogP contribution in [0.4, 0.5) is 13.2 Å². The Morgan fingerprint density at radius 1 is 1.33 bits per heavy atom. The van der Waals surface area contributed by atoms with Gasteiger partial charge in [0, 0.05) is 5.57 Å². The van der Waals surface area contributed by atoms with E-state index in [1.807, 2.05) is 0 Å². The van der Waals surface area contributed by atoms with Gasteiger partial charge < -0.3 is 0 Å². The minimum atomic E-state index is -4.35. The first-order chi connectivity index (χ1) is 6.76. The maximum atomic E-state index is 12.6. The Balaban J connectivity index is 3.07. The van der Waals surface area contributed by atoms with Crippen molar-refractivity contribution in [1.82, 2.24) is 0 Å². The average molecular weight is 216 g/mol. The molecule has 0 heterocycles. The Kier molecular flexibility index (Phi) is 2.88. The molecule has 1 rings (SSSR count). The lowest BCUT2D eigenvalue weighted by atomic mass is 9.89. The lowest BCUT2D eigenvalue weighted by Gasteiger charge is -2.24. The Morgan fingerprint density at radius 3 is 2.40 bits per heavy atom. The Bertz CT molecular complexity index is 361. The first kappa shape index (κ1) is 11.8. The zero-order valence-electron chi connectivity index (χ0n) is 8.43. The van der Waals surface area contributed by atoms with Gasteiger partial charge in [0.2, 0.25) is 0 Å². The molecule has 0 aromatic rings. The van der Waals surface area contributed by atoms with Gasteiger partial charge in [0.1, 0.15) is 0 Å². The first-order valence-corrected chi connectivity index (χ1v) is 4.43. The van der Waals surface area contributed by atoms with Crippen LogP contribution in [0.3, 0.4) is 0 Å². The summed E-state index contributed by atoms with van der Waals surface area (Å²) in [6.07, 6.45) is 1.57. The number of hydrogen-bond donors (Lipinski definition) is 0. The number of halogens is 3. The third-order valence-corrected chi connectivity index (χ3v) is 2.34. The van der Waals surface area contributed by atoms with Crippen molar-refractivity contribution in [3.8, 4) is 0 Å². The topological polar surface area (TPSA) is 17.1 Å². The number of allylic oxidation sites excluding steroid dienone is 6. The molecule has 0 N–H and O–H groups in total. The highest BCUT2D eigenvalue weighted by molar-refractivity contribution is 5.96. The largest absolute Gasteiger partial charge is 0.400 e. The van der Waals surface area contributed by atoms with Crippen LogP contribution in [-0.2, 0) is 4.79 Å². The number of carbonyl (C=O) groups is 1. The van der Waals surface area contributed by atoms with Gasteiger partial charge >= 0.3 is 6.18 Å². The van der Waals surface area contributed by atoms with Crippen molar-refractivity contribution in [1.29, 1.82) is 0 Å². The molecule has 1 atom stereocenters. The highest BCUT2D eigenvalue weighted by atomic mass is 19.4. The zero-order valence-corrected chi connectivity index (χ0v) is 8.43. The van der Waals surface area contributed by atoms with Crippen LogP contribution >= 0.6 is 0 Å². The minimum absolute atomic E-state index is 0.248. The van der Waals surface area contributed by atoms with Gasteiger partial charge in [-0.05, 0) is 13.8 Å². The van der Waals surface area contributed by atoms with Crippen molar-refractivity contribution in [2.75, 3.05) is 0 Å². The molecule has 82 valence electrons. The van der Waals surface area contributed by atoms with E-state index in [1.54, 1.807) is 0 Å². The summed E-state index contributed by atoms with van der Waals surface area (Å²) >= 11 is 0. The monoisotopic (exact) mass is 216 g/mol. The van der Waals surface area contributed by atoms with Gasteiger partial charge in [-0.1, -0.05) is 30.4 Å². The molecule has 0 amide bonds. The summed E-state index contributed by atoms with van der Waals surface area (Å²) in [5, 5.41) is 0. The molecule has 4 heteroatoms. The van der Waals surface area contributed by atoms with Crippen LogP contribution in [0, 0.1) is 5.41 Å². The second kappa shape index (κ2) is 3.68. The smallest absolute Gasteiger partial charge is 0.295 e. The summed E-state index contributed by atoms with van der Waals surface area (Å²) in [5.41, 5.74) is -1.72. The summed E-state index contributed by atoms with van der Waals surface area (Å²) in [6.45, 7) is 2.39. The molecule has 0 saturated carbocycles. The van der Waals surface area contributed by atoms with Crippen molar-refractivity contribution in [2.45, 2.75) is 20.0 Å². The van der Waals surface area contributed by atoms with E-state index in [0.717, 1.165) is 19.1 Å². The van der Waals surface area contributed by atoms with Crippen LogP contribution in [0.5, 0.6) is 0 Å². The zero-order chi connectivity index (χ0) is 11.7. The molecule has 15 heavy (non-hydrogen) atoms. The van der Waals surface area contributed by atoms with Gasteiger partial charge in [-0.15, -0.1) is 0 Å². The molecule has 0 radical (unpaired) electrons. The number of alkyl halides is 3. The summed E-state index contributed by atoms with van der Waals surface area (Å²) in [7, 11) is 0. The van der Waals surface area contributed by atoms with Crippen molar-refractivity contribution < 1.29 is 18.0 Å². The van der Waals surface area contributed by atoms with Crippen LogP contribution in [-0.4, -0.2) is 12.0 Å². The number of hydrogen-bond acceptors (Lipinski definition) is 1.